The average Bonchev–Trinajstić information content (AvgIpc) is 2.93. The molecule has 132 valence electrons. The molecule has 0 unspecified atom stereocenters. The monoisotopic (exact) mass is 367 g/mol. The van der Waals surface area contributed by atoms with Gasteiger partial charge in [-0.15, -0.1) is 0 Å². The van der Waals surface area contributed by atoms with E-state index in [9.17, 15) is 22.0 Å². The average molecular weight is 367 g/mol. The van der Waals surface area contributed by atoms with Crippen LogP contribution in [0.5, 0.6) is 0 Å². The van der Waals surface area contributed by atoms with E-state index in [4.69, 9.17) is 0 Å². The van der Waals surface area contributed by atoms with Crippen LogP contribution in [0.1, 0.15) is 5.56 Å². The number of nitrogens with zero attached hydrogens (tertiary/aromatic N) is 1. The van der Waals surface area contributed by atoms with Gasteiger partial charge >= 0.3 is 6.03 Å². The van der Waals surface area contributed by atoms with Crippen LogP contribution >= 0.6 is 0 Å². The van der Waals surface area contributed by atoms with Gasteiger partial charge in [-0.3, -0.25) is 4.31 Å². The molecule has 2 amide bonds. The maximum Gasteiger partial charge on any atom is 0.323 e. The summed E-state index contributed by atoms with van der Waals surface area (Å²) >= 11 is 0. The zero-order chi connectivity index (χ0) is 18.2. The van der Waals surface area contributed by atoms with Crippen molar-refractivity contribution in [1.82, 2.24) is 0 Å². The van der Waals surface area contributed by atoms with Gasteiger partial charge in [-0.05, 0) is 36.2 Å². The van der Waals surface area contributed by atoms with Crippen LogP contribution in [0.25, 0.3) is 0 Å². The normalized spacial score (nSPS) is 13.5. The first-order chi connectivity index (χ1) is 11.7. The van der Waals surface area contributed by atoms with Crippen LogP contribution in [0.3, 0.4) is 0 Å². The molecule has 0 saturated heterocycles. The van der Waals surface area contributed by atoms with Crippen molar-refractivity contribution in [3.8, 4) is 0 Å². The van der Waals surface area contributed by atoms with Crippen LogP contribution in [0.4, 0.5) is 30.6 Å². The van der Waals surface area contributed by atoms with E-state index < -0.39 is 27.7 Å². The van der Waals surface area contributed by atoms with Crippen LogP contribution in [0.15, 0.2) is 36.4 Å². The van der Waals surface area contributed by atoms with E-state index in [-0.39, 0.29) is 5.69 Å². The number of hydrogen-bond acceptors (Lipinski definition) is 3. The highest BCUT2D eigenvalue weighted by atomic mass is 32.2. The molecule has 0 saturated carbocycles. The van der Waals surface area contributed by atoms with Crippen molar-refractivity contribution in [3.05, 3.63) is 53.6 Å². The van der Waals surface area contributed by atoms with Crippen molar-refractivity contribution in [2.75, 3.05) is 27.7 Å². The molecule has 0 aliphatic carbocycles. The minimum Gasteiger partial charge on any atom is -0.308 e. The Morgan fingerprint density at radius 3 is 2.56 bits per heavy atom. The van der Waals surface area contributed by atoms with Crippen molar-refractivity contribution in [1.29, 1.82) is 0 Å². The smallest absolute Gasteiger partial charge is 0.308 e. The van der Waals surface area contributed by atoms with Gasteiger partial charge in [0, 0.05) is 18.3 Å². The Morgan fingerprint density at radius 1 is 1.12 bits per heavy atom. The molecule has 2 aromatic carbocycles. The zero-order valence-corrected chi connectivity index (χ0v) is 14.0. The lowest BCUT2D eigenvalue weighted by molar-refractivity contribution is 0.262. The van der Waals surface area contributed by atoms with Gasteiger partial charge in [0.2, 0.25) is 10.0 Å². The largest absolute Gasteiger partial charge is 0.323 e. The molecule has 0 aromatic heterocycles. The number of sulfonamides is 1. The Morgan fingerprint density at radius 2 is 1.88 bits per heavy atom. The summed E-state index contributed by atoms with van der Waals surface area (Å²) in [6.07, 6.45) is 1.71. The van der Waals surface area contributed by atoms with E-state index in [1.165, 1.54) is 4.31 Å². The molecule has 0 fully saturated rings. The number of anilines is 3. The summed E-state index contributed by atoms with van der Waals surface area (Å²) in [6.45, 7) is 0.352. The van der Waals surface area contributed by atoms with Crippen LogP contribution in [0.2, 0.25) is 0 Å². The predicted molar refractivity (Wildman–Crippen MR) is 91.3 cm³/mol. The second-order valence-electron chi connectivity index (χ2n) is 5.63. The van der Waals surface area contributed by atoms with Gasteiger partial charge in [-0.2, -0.15) is 0 Å². The molecular weight excluding hydrogens is 352 g/mol. The molecular formula is C16H15F2N3O3S. The summed E-state index contributed by atoms with van der Waals surface area (Å²) in [5.74, 6) is -1.64. The fraction of sp³-hybridized carbons (Fsp3) is 0.188. The Bertz CT molecular complexity index is 948. The summed E-state index contributed by atoms with van der Waals surface area (Å²) in [4.78, 5) is 12.0. The number of urea groups is 1. The Kier molecular flexibility index (Phi) is 4.34. The molecule has 25 heavy (non-hydrogen) atoms. The molecule has 1 heterocycles. The minimum atomic E-state index is -3.40. The first-order valence-corrected chi connectivity index (χ1v) is 9.22. The van der Waals surface area contributed by atoms with Gasteiger partial charge in [0.25, 0.3) is 0 Å². The van der Waals surface area contributed by atoms with Crippen LogP contribution < -0.4 is 14.9 Å². The van der Waals surface area contributed by atoms with E-state index in [0.29, 0.717) is 30.4 Å². The van der Waals surface area contributed by atoms with Crippen molar-refractivity contribution in [3.63, 3.8) is 0 Å². The van der Waals surface area contributed by atoms with Gasteiger partial charge in [-0.25, -0.2) is 22.0 Å². The van der Waals surface area contributed by atoms with Gasteiger partial charge in [-0.1, -0.05) is 6.07 Å². The van der Waals surface area contributed by atoms with E-state index in [1.54, 1.807) is 18.2 Å². The maximum absolute atomic E-state index is 13.6. The first-order valence-electron chi connectivity index (χ1n) is 7.38. The highest BCUT2D eigenvalue weighted by Gasteiger charge is 2.26. The zero-order valence-electron chi connectivity index (χ0n) is 13.2. The van der Waals surface area contributed by atoms with Crippen molar-refractivity contribution < 1.29 is 22.0 Å². The second-order valence-corrected chi connectivity index (χ2v) is 7.54. The Labute approximate surface area is 143 Å². The van der Waals surface area contributed by atoms with Crippen LogP contribution in [0, 0.1) is 11.6 Å². The summed E-state index contributed by atoms with van der Waals surface area (Å²) < 4.78 is 51.3. The fourth-order valence-electron chi connectivity index (χ4n) is 2.65. The van der Waals surface area contributed by atoms with Crippen molar-refractivity contribution >= 4 is 33.1 Å². The van der Waals surface area contributed by atoms with E-state index in [0.717, 1.165) is 24.0 Å². The highest BCUT2D eigenvalue weighted by molar-refractivity contribution is 7.92. The molecule has 3 rings (SSSR count). The number of fused-ring (bicyclic) bond motifs is 1. The van der Waals surface area contributed by atoms with E-state index in [2.05, 4.69) is 10.6 Å². The lowest BCUT2D eigenvalue weighted by Crippen LogP contribution is -2.27. The minimum absolute atomic E-state index is 0.169. The lowest BCUT2D eigenvalue weighted by Gasteiger charge is -2.17. The molecule has 9 heteroatoms. The molecule has 0 spiro atoms. The molecule has 2 N–H and O–H groups in total. The number of hydrogen-bond donors (Lipinski definition) is 2. The summed E-state index contributed by atoms with van der Waals surface area (Å²) in [7, 11) is -3.40. The summed E-state index contributed by atoms with van der Waals surface area (Å²) in [5.41, 5.74) is 1.56. The standard InChI is InChI=1S/C16H15F2N3O3S/c1-25(23,24)21-7-6-10-2-4-12(9-15(10)21)19-16(22)20-14-5-3-11(17)8-13(14)18/h2-5,8-9H,6-7H2,1H3,(H2,19,20,22). The third kappa shape index (κ3) is 3.71. The van der Waals surface area contributed by atoms with Gasteiger partial charge in [0.1, 0.15) is 11.6 Å². The second kappa shape index (κ2) is 6.32. The number of carbonyl (C=O) groups excluding carboxylic acids is 1. The predicted octanol–water partition coefficient (Wildman–Crippen LogP) is 2.93. The number of halogens is 2. The maximum atomic E-state index is 13.6. The fourth-order valence-corrected chi connectivity index (χ4v) is 3.60. The molecule has 2 aromatic rings. The molecule has 1 aliphatic rings. The highest BCUT2D eigenvalue weighted by Crippen LogP contribution is 2.32. The Hall–Kier alpha value is -2.68. The van der Waals surface area contributed by atoms with Crippen LogP contribution in [-0.4, -0.2) is 27.2 Å². The quantitative estimate of drug-likeness (QED) is 0.876. The molecule has 0 atom stereocenters. The van der Waals surface area contributed by atoms with Crippen molar-refractivity contribution in [2.45, 2.75) is 6.42 Å². The molecule has 0 radical (unpaired) electrons. The van der Waals surface area contributed by atoms with E-state index >= 15 is 0 Å². The lowest BCUT2D eigenvalue weighted by atomic mass is 10.1. The third-order valence-corrected chi connectivity index (χ3v) is 4.96. The van der Waals surface area contributed by atoms with Gasteiger partial charge in [0.05, 0.1) is 17.6 Å². The molecule has 1 aliphatic heterocycles. The Balaban J connectivity index is 1.76. The topological polar surface area (TPSA) is 78.5 Å². The molecule has 0 bridgehead atoms. The number of carbonyl (C=O) groups is 1. The summed E-state index contributed by atoms with van der Waals surface area (Å²) in [5, 5.41) is 4.77. The van der Waals surface area contributed by atoms with Gasteiger partial charge in [0.15, 0.2) is 0 Å². The van der Waals surface area contributed by atoms with Gasteiger partial charge < -0.3 is 10.6 Å². The molecule has 6 nitrogen and oxygen atoms in total. The van der Waals surface area contributed by atoms with Crippen molar-refractivity contribution in [2.24, 2.45) is 0 Å². The summed E-state index contributed by atoms with van der Waals surface area (Å²) in [6, 6.07) is 6.98. The SMILES string of the molecule is CS(=O)(=O)N1CCc2ccc(NC(=O)Nc3ccc(F)cc3F)cc21. The third-order valence-electron chi connectivity index (χ3n) is 3.78. The number of amides is 2. The number of rotatable bonds is 3. The van der Waals surface area contributed by atoms with Crippen LogP contribution in [-0.2, 0) is 16.4 Å². The van der Waals surface area contributed by atoms with E-state index in [1.807, 2.05) is 0 Å². The number of nitrogens with one attached hydrogen (secondary N) is 2. The first kappa shape index (κ1) is 17.2. The number of benzene rings is 2.